The number of fused-ring (bicyclic) bond motifs is 4. The van der Waals surface area contributed by atoms with Gasteiger partial charge in [0.1, 0.15) is 5.54 Å². The molecule has 2 aliphatic heterocycles. The number of anilines is 4. The van der Waals surface area contributed by atoms with E-state index in [-0.39, 0.29) is 11.9 Å². The number of nitrogens with one attached hydrogen (secondary N) is 2. The number of carbonyl (C=O) groups excluding carboxylic acids is 1. The molecule has 5 unspecified atom stereocenters. The second-order valence-corrected chi connectivity index (χ2v) is 14.0. The van der Waals surface area contributed by atoms with Gasteiger partial charge in [-0.15, -0.1) is 0 Å². The highest BCUT2D eigenvalue weighted by Gasteiger charge is 2.57. The fourth-order valence-corrected chi connectivity index (χ4v) is 8.81. The SMILES string of the molecule is CC1CC2CC(C)C(NC(=O)c3cnc(N4CC5(CCOCC5)c5cc(Nc6ncccn6)ccc54)nc3C(F)(F)F)(C(=O)O)C(C1)C2. The maximum absolute atomic E-state index is 14.7. The first-order chi connectivity index (χ1) is 22.9. The number of hydrogen-bond donors (Lipinski definition) is 3. The molecule has 11 nitrogen and oxygen atoms in total. The standard InChI is InChI=1S/C34H38F3N7O4/c1-19-12-21-14-20(2)33(29(46)47,22(13-19)15-21)43-28(45)24-17-40-31(42-27(24)34(35,36)37)44-18-32(6-10-48-11-7-32)25-16-23(4-5-26(25)44)41-30-38-8-3-9-39-30/h3-5,8-9,16-17,19-22H,6-7,10-15,18H2,1-2H3,(H,43,45)(H,46,47)(H,38,39,41). The number of benzene rings is 1. The van der Waals surface area contributed by atoms with E-state index in [4.69, 9.17) is 4.74 Å². The average Bonchev–Trinajstić information content (AvgIpc) is 3.35. The molecule has 3 fully saturated rings. The summed E-state index contributed by atoms with van der Waals surface area (Å²) < 4.78 is 49.8. The molecule has 4 aliphatic rings. The van der Waals surface area contributed by atoms with Gasteiger partial charge in [-0.25, -0.2) is 24.7 Å². The topological polar surface area (TPSA) is 142 Å². The second-order valence-electron chi connectivity index (χ2n) is 14.0. The fourth-order valence-electron chi connectivity index (χ4n) is 8.81. The van der Waals surface area contributed by atoms with Gasteiger partial charge in [-0.2, -0.15) is 13.2 Å². The van der Waals surface area contributed by atoms with E-state index in [1.807, 2.05) is 19.1 Å². The van der Waals surface area contributed by atoms with Gasteiger partial charge in [0.2, 0.25) is 11.9 Å². The van der Waals surface area contributed by atoms with Crippen LogP contribution >= 0.6 is 0 Å². The quantitative estimate of drug-likeness (QED) is 0.293. The summed E-state index contributed by atoms with van der Waals surface area (Å²) in [6.45, 7) is 5.11. The summed E-state index contributed by atoms with van der Waals surface area (Å²) >= 11 is 0. The summed E-state index contributed by atoms with van der Waals surface area (Å²) in [5, 5.41) is 16.3. The van der Waals surface area contributed by atoms with Crippen LogP contribution in [0.2, 0.25) is 0 Å². The van der Waals surface area contributed by atoms with Crippen LogP contribution in [0.1, 0.15) is 74.0 Å². The summed E-state index contributed by atoms with van der Waals surface area (Å²) in [5.41, 5.74) is -2.03. The van der Waals surface area contributed by atoms with E-state index >= 15 is 0 Å². The molecule has 1 spiro atoms. The molecule has 3 aromatic rings. The molecule has 2 saturated carbocycles. The highest BCUT2D eigenvalue weighted by molar-refractivity contribution is 5.99. The lowest BCUT2D eigenvalue weighted by Crippen LogP contribution is -2.66. The number of rotatable bonds is 6. The zero-order valence-electron chi connectivity index (χ0n) is 26.8. The number of carbonyl (C=O) groups is 2. The van der Waals surface area contributed by atoms with Crippen LogP contribution in [0.4, 0.5) is 36.4 Å². The van der Waals surface area contributed by atoms with Crippen LogP contribution in [0.5, 0.6) is 0 Å². The van der Waals surface area contributed by atoms with Crippen molar-refractivity contribution in [3.8, 4) is 0 Å². The molecule has 2 aliphatic carbocycles. The molecule has 4 heterocycles. The van der Waals surface area contributed by atoms with Crippen LogP contribution in [0.25, 0.3) is 0 Å². The number of ether oxygens (including phenoxy) is 1. The lowest BCUT2D eigenvalue weighted by atomic mass is 9.56. The predicted octanol–water partition coefficient (Wildman–Crippen LogP) is 5.87. The largest absolute Gasteiger partial charge is 0.479 e. The van der Waals surface area contributed by atoms with E-state index in [1.165, 1.54) is 0 Å². The molecule has 1 saturated heterocycles. The van der Waals surface area contributed by atoms with E-state index in [0.717, 1.165) is 23.9 Å². The van der Waals surface area contributed by atoms with Crippen molar-refractivity contribution in [2.24, 2.45) is 23.7 Å². The van der Waals surface area contributed by atoms with Gasteiger partial charge >= 0.3 is 12.1 Å². The molecule has 7 rings (SSSR count). The molecule has 1 aromatic carbocycles. The van der Waals surface area contributed by atoms with Crippen LogP contribution < -0.4 is 15.5 Å². The molecule has 5 atom stereocenters. The Labute approximate surface area is 275 Å². The Hall–Kier alpha value is -4.33. The maximum Gasteiger partial charge on any atom is 0.434 e. The van der Waals surface area contributed by atoms with Crippen LogP contribution in [0.15, 0.2) is 42.9 Å². The Bertz CT molecular complexity index is 1710. The minimum Gasteiger partial charge on any atom is -0.479 e. The summed E-state index contributed by atoms with van der Waals surface area (Å²) in [4.78, 5) is 45.0. The van der Waals surface area contributed by atoms with Gasteiger partial charge in [0, 0.05) is 55.1 Å². The third kappa shape index (κ3) is 5.53. The smallest absolute Gasteiger partial charge is 0.434 e. The fraction of sp³-hybridized carbons (Fsp3) is 0.529. The van der Waals surface area contributed by atoms with Crippen molar-refractivity contribution in [1.29, 1.82) is 0 Å². The number of alkyl halides is 3. The molecule has 2 bridgehead atoms. The zero-order chi connectivity index (χ0) is 33.8. The first kappa shape index (κ1) is 32.2. The van der Waals surface area contributed by atoms with Crippen LogP contribution in [-0.2, 0) is 21.1 Å². The Morgan fingerprint density at radius 3 is 2.50 bits per heavy atom. The van der Waals surface area contributed by atoms with E-state index in [0.29, 0.717) is 69.4 Å². The predicted molar refractivity (Wildman–Crippen MR) is 169 cm³/mol. The van der Waals surface area contributed by atoms with E-state index in [1.54, 1.807) is 36.4 Å². The van der Waals surface area contributed by atoms with Crippen molar-refractivity contribution in [2.75, 3.05) is 30.0 Å². The molecular formula is C34H38F3N7O4. The first-order valence-electron chi connectivity index (χ1n) is 16.4. The lowest BCUT2D eigenvalue weighted by molar-refractivity contribution is -0.155. The third-order valence-electron chi connectivity index (χ3n) is 10.9. The van der Waals surface area contributed by atoms with Crippen LogP contribution in [0, 0.1) is 23.7 Å². The lowest BCUT2D eigenvalue weighted by Gasteiger charge is -2.52. The van der Waals surface area contributed by atoms with Crippen molar-refractivity contribution in [1.82, 2.24) is 25.3 Å². The second kappa shape index (κ2) is 12.0. The van der Waals surface area contributed by atoms with Crippen LogP contribution in [0.3, 0.4) is 0 Å². The number of amides is 1. The van der Waals surface area contributed by atoms with Gasteiger partial charge in [0.25, 0.3) is 5.91 Å². The summed E-state index contributed by atoms with van der Waals surface area (Å²) in [5.74, 6) is -2.43. The normalized spacial score (nSPS) is 27.7. The first-order valence-corrected chi connectivity index (χ1v) is 16.4. The van der Waals surface area contributed by atoms with E-state index in [2.05, 4.69) is 30.6 Å². The number of hydrogen-bond acceptors (Lipinski definition) is 9. The van der Waals surface area contributed by atoms with E-state index in [9.17, 15) is 27.9 Å². The molecule has 1 amide bonds. The van der Waals surface area contributed by atoms with Gasteiger partial charge in [-0.3, -0.25) is 4.79 Å². The molecular weight excluding hydrogens is 627 g/mol. The Balaban J connectivity index is 1.24. The van der Waals surface area contributed by atoms with Gasteiger partial charge in [-0.1, -0.05) is 13.8 Å². The molecule has 254 valence electrons. The summed E-state index contributed by atoms with van der Waals surface area (Å²) in [6, 6.07) is 7.26. The zero-order valence-corrected chi connectivity index (χ0v) is 26.8. The van der Waals surface area contributed by atoms with Crippen molar-refractivity contribution in [3.63, 3.8) is 0 Å². The molecule has 48 heavy (non-hydrogen) atoms. The molecule has 14 heteroatoms. The molecule has 2 aromatic heterocycles. The highest BCUT2D eigenvalue weighted by Crippen LogP contribution is 2.52. The summed E-state index contributed by atoms with van der Waals surface area (Å²) in [7, 11) is 0. The third-order valence-corrected chi connectivity index (χ3v) is 10.9. The van der Waals surface area contributed by atoms with Crippen molar-refractivity contribution in [2.45, 2.75) is 69.5 Å². The van der Waals surface area contributed by atoms with Crippen molar-refractivity contribution >= 4 is 35.1 Å². The highest BCUT2D eigenvalue weighted by atomic mass is 19.4. The minimum atomic E-state index is -5.01. The monoisotopic (exact) mass is 665 g/mol. The number of aromatic nitrogens is 4. The van der Waals surface area contributed by atoms with Gasteiger partial charge < -0.3 is 25.4 Å². The van der Waals surface area contributed by atoms with Gasteiger partial charge in [0.15, 0.2) is 5.69 Å². The Morgan fingerprint density at radius 2 is 1.79 bits per heavy atom. The van der Waals surface area contributed by atoms with Crippen LogP contribution in [-0.4, -0.2) is 62.2 Å². The molecule has 3 N–H and O–H groups in total. The molecule has 0 radical (unpaired) electrons. The average molecular weight is 666 g/mol. The van der Waals surface area contributed by atoms with E-state index < -0.39 is 52.1 Å². The maximum atomic E-state index is 14.7. The van der Waals surface area contributed by atoms with Gasteiger partial charge in [0.05, 0.1) is 5.56 Å². The number of nitrogens with zero attached hydrogens (tertiary/aromatic N) is 5. The minimum absolute atomic E-state index is 0.196. The number of carboxylic acid groups (broad SMARTS) is 1. The number of carboxylic acids is 1. The Morgan fingerprint density at radius 1 is 1.04 bits per heavy atom. The van der Waals surface area contributed by atoms with Gasteiger partial charge in [-0.05, 0) is 92.0 Å². The van der Waals surface area contributed by atoms with Crippen molar-refractivity contribution in [3.05, 3.63) is 59.7 Å². The number of aliphatic carboxylic acids is 1. The Kier molecular flexibility index (Phi) is 8.04. The summed E-state index contributed by atoms with van der Waals surface area (Å²) in [6.07, 6.45) is 3.13. The number of halogens is 3. The van der Waals surface area contributed by atoms with Crippen molar-refractivity contribution < 1.29 is 32.6 Å².